The molecule has 0 fully saturated rings. The molecule has 0 aliphatic heterocycles. The smallest absolute Gasteiger partial charge is 0.222 e. The summed E-state index contributed by atoms with van der Waals surface area (Å²) in [7, 11) is 0. The maximum Gasteiger partial charge on any atom is 0.237 e. The Balaban J connectivity index is 0. The maximum atomic E-state index is 9.98. The lowest BCUT2D eigenvalue weighted by Crippen LogP contribution is -1.89. The van der Waals surface area contributed by atoms with Crippen LogP contribution >= 0.6 is 0 Å². The number of benzene rings is 1. The first kappa shape index (κ1) is 18.1. The number of carbonyl (C=O) groups excluding carboxylic acids is 4. The Labute approximate surface area is 107 Å². The Morgan fingerprint density at radius 2 is 1.21 bits per heavy atom. The summed E-state index contributed by atoms with van der Waals surface area (Å²) in [6.07, 6.45) is 3.40. The molecule has 19 heavy (non-hydrogen) atoms. The molecule has 0 aromatic heterocycles. The summed E-state index contributed by atoms with van der Waals surface area (Å²) in [5.41, 5.74) is 0.661. The van der Waals surface area contributed by atoms with E-state index in [-0.39, 0.29) is 0 Å². The van der Waals surface area contributed by atoms with Crippen molar-refractivity contribution in [2.45, 2.75) is 6.17 Å². The van der Waals surface area contributed by atoms with Gasteiger partial charge in [-0.25, -0.2) is 30.0 Å². The summed E-state index contributed by atoms with van der Waals surface area (Å²) in [4.78, 5) is 43.4. The number of rotatable bonds is 3. The van der Waals surface area contributed by atoms with Gasteiger partial charge in [-0.15, -0.1) is 0 Å². The molecule has 0 saturated heterocycles. The lowest BCUT2D eigenvalue weighted by atomic mass is 10.2. The Hall–Kier alpha value is -3.26. The van der Waals surface area contributed by atoms with Gasteiger partial charge in [0, 0.05) is 0 Å². The topological polar surface area (TPSA) is 141 Å². The molecule has 2 N–H and O–H groups in total. The van der Waals surface area contributed by atoms with E-state index in [9.17, 15) is 9.59 Å². The van der Waals surface area contributed by atoms with E-state index in [2.05, 4.69) is 9.98 Å². The van der Waals surface area contributed by atoms with Crippen molar-refractivity contribution in [1.29, 1.82) is 10.8 Å². The van der Waals surface area contributed by atoms with Gasteiger partial charge in [0.1, 0.15) is 0 Å². The van der Waals surface area contributed by atoms with Gasteiger partial charge in [-0.3, -0.25) is 0 Å². The van der Waals surface area contributed by atoms with Crippen molar-refractivity contribution in [2.75, 3.05) is 0 Å². The van der Waals surface area contributed by atoms with Gasteiger partial charge in [-0.05, 0) is 5.56 Å². The van der Waals surface area contributed by atoms with E-state index < -0.39 is 6.17 Å². The zero-order valence-electron chi connectivity index (χ0n) is 9.49. The first-order valence-electron chi connectivity index (χ1n) is 4.48. The van der Waals surface area contributed by atoms with Crippen molar-refractivity contribution in [1.82, 2.24) is 0 Å². The fraction of sp³-hybridized carbons (Fsp3) is 0.0909. The fourth-order valence-corrected chi connectivity index (χ4v) is 0.903. The van der Waals surface area contributed by atoms with Crippen molar-refractivity contribution in [3.8, 4) is 0 Å². The molecule has 1 aromatic rings. The average Bonchev–Trinajstić information content (AvgIpc) is 2.41. The lowest BCUT2D eigenvalue weighted by Gasteiger charge is -2.01. The molecule has 0 aliphatic rings. The maximum absolute atomic E-state index is 9.98. The highest BCUT2D eigenvalue weighted by Crippen LogP contribution is 2.16. The Bertz CT molecular complexity index is 489. The van der Waals surface area contributed by atoms with Crippen molar-refractivity contribution < 1.29 is 19.2 Å². The Morgan fingerprint density at radius 1 is 0.842 bits per heavy atom. The van der Waals surface area contributed by atoms with Crippen LogP contribution in [0.5, 0.6) is 0 Å². The second kappa shape index (κ2) is 14.7. The second-order valence-electron chi connectivity index (χ2n) is 2.43. The molecule has 0 saturated carbocycles. The summed E-state index contributed by atoms with van der Waals surface area (Å²) in [6, 6.07) is 8.78. The molecule has 1 aromatic carbocycles. The minimum absolute atomic E-state index is 0.661. The van der Waals surface area contributed by atoms with Crippen LogP contribution in [0.25, 0.3) is 0 Å². The summed E-state index contributed by atoms with van der Waals surface area (Å²) in [5.74, 6) is 0. The van der Waals surface area contributed by atoms with Gasteiger partial charge < -0.3 is 0 Å². The predicted molar refractivity (Wildman–Crippen MR) is 62.3 cm³/mol. The highest BCUT2D eigenvalue weighted by atomic mass is 16.1. The molecule has 8 heteroatoms. The number of isocyanates is 4. The van der Waals surface area contributed by atoms with Crippen LogP contribution in [0.15, 0.2) is 40.3 Å². The second-order valence-corrected chi connectivity index (χ2v) is 2.43. The SMILES string of the molecule is N=C=O.N=C=O.O=C=NC(N=C=O)c1ccccc1. The number of aliphatic imine (C=N–C) groups is 2. The molecule has 0 atom stereocenters. The number of nitrogens with zero attached hydrogens (tertiary/aromatic N) is 2. The van der Waals surface area contributed by atoms with Gasteiger partial charge in [0.2, 0.25) is 24.3 Å². The van der Waals surface area contributed by atoms with Gasteiger partial charge in [-0.2, -0.15) is 9.98 Å². The number of nitrogens with one attached hydrogen (secondary N) is 2. The third-order valence-electron chi connectivity index (χ3n) is 1.45. The highest BCUT2D eigenvalue weighted by Gasteiger charge is 2.05. The van der Waals surface area contributed by atoms with Gasteiger partial charge in [0.05, 0.1) is 0 Å². The van der Waals surface area contributed by atoms with E-state index in [0.29, 0.717) is 5.56 Å². The minimum atomic E-state index is -0.809. The van der Waals surface area contributed by atoms with Crippen molar-refractivity contribution in [2.24, 2.45) is 9.98 Å². The molecule has 1 rings (SSSR count). The van der Waals surface area contributed by atoms with Crippen molar-refractivity contribution in [3.63, 3.8) is 0 Å². The Kier molecular flexibility index (Phi) is 14.1. The summed E-state index contributed by atoms with van der Waals surface area (Å²) in [5, 5.41) is 10.8. The van der Waals surface area contributed by atoms with E-state index in [4.69, 9.17) is 20.4 Å². The van der Waals surface area contributed by atoms with Crippen LogP contribution in [0.2, 0.25) is 0 Å². The molecular formula is C11H8N4O4. The summed E-state index contributed by atoms with van der Waals surface area (Å²) in [6.45, 7) is 0. The van der Waals surface area contributed by atoms with Crippen LogP contribution < -0.4 is 0 Å². The van der Waals surface area contributed by atoms with E-state index in [1.54, 1.807) is 24.3 Å². The van der Waals surface area contributed by atoms with Crippen LogP contribution in [0.4, 0.5) is 0 Å². The van der Waals surface area contributed by atoms with Crippen LogP contribution in [0, 0.1) is 10.8 Å². The quantitative estimate of drug-likeness (QED) is 0.621. The van der Waals surface area contributed by atoms with Crippen molar-refractivity contribution in [3.05, 3.63) is 35.9 Å². The molecule has 96 valence electrons. The molecular weight excluding hydrogens is 252 g/mol. The van der Waals surface area contributed by atoms with E-state index >= 15 is 0 Å². The normalized spacial score (nSPS) is 8.21. The standard InChI is InChI=1S/C9H6N2O2.2CHNO/c12-6-10-9(11-7-13)8-4-2-1-3-5-8;2*2-1-3/h1-5,9H;2*2H. The van der Waals surface area contributed by atoms with Crippen LogP contribution in [0.3, 0.4) is 0 Å². The fourth-order valence-electron chi connectivity index (χ4n) is 0.903. The summed E-state index contributed by atoms with van der Waals surface area (Å²) >= 11 is 0. The Morgan fingerprint density at radius 3 is 1.53 bits per heavy atom. The van der Waals surface area contributed by atoms with E-state index in [0.717, 1.165) is 12.2 Å². The zero-order chi connectivity index (χ0) is 14.9. The van der Waals surface area contributed by atoms with E-state index in [1.807, 2.05) is 6.07 Å². The van der Waals surface area contributed by atoms with E-state index in [1.165, 1.54) is 12.2 Å². The first-order valence-corrected chi connectivity index (χ1v) is 4.48. The third-order valence-corrected chi connectivity index (χ3v) is 1.45. The monoisotopic (exact) mass is 260 g/mol. The molecule has 0 radical (unpaired) electrons. The van der Waals surface area contributed by atoms with Gasteiger partial charge in [0.25, 0.3) is 0 Å². The third kappa shape index (κ3) is 11.0. The molecule has 0 unspecified atom stereocenters. The first-order chi connectivity index (χ1) is 9.21. The molecule has 0 aliphatic carbocycles. The minimum Gasteiger partial charge on any atom is -0.222 e. The molecule has 0 heterocycles. The number of hydrogen-bond acceptors (Lipinski definition) is 8. The zero-order valence-corrected chi connectivity index (χ0v) is 9.49. The van der Waals surface area contributed by atoms with Crippen molar-refractivity contribution >= 4 is 24.3 Å². The molecule has 0 bridgehead atoms. The summed E-state index contributed by atoms with van der Waals surface area (Å²) < 4.78 is 0. The van der Waals surface area contributed by atoms with Crippen LogP contribution in [-0.2, 0) is 19.2 Å². The molecule has 0 spiro atoms. The predicted octanol–water partition coefficient (Wildman–Crippen LogP) is 1.16. The molecule has 8 nitrogen and oxygen atoms in total. The van der Waals surface area contributed by atoms with Gasteiger partial charge in [0.15, 0.2) is 6.17 Å². The van der Waals surface area contributed by atoms with Crippen LogP contribution in [-0.4, -0.2) is 24.3 Å². The van der Waals surface area contributed by atoms with Gasteiger partial charge >= 0.3 is 0 Å². The molecule has 0 amide bonds. The van der Waals surface area contributed by atoms with Gasteiger partial charge in [-0.1, -0.05) is 30.3 Å². The largest absolute Gasteiger partial charge is 0.237 e. The highest BCUT2D eigenvalue weighted by molar-refractivity contribution is 5.39. The lowest BCUT2D eigenvalue weighted by molar-refractivity contribution is 0.551. The average molecular weight is 260 g/mol. The number of hydrogen-bond donors (Lipinski definition) is 2. The van der Waals surface area contributed by atoms with Crippen LogP contribution in [0.1, 0.15) is 11.7 Å².